The molecule has 1 aliphatic heterocycles. The van der Waals surface area contributed by atoms with Crippen LogP contribution in [0.4, 0.5) is 16.4 Å². The standard InChI is InChI=1S/C40H53N9O3/c1-40(2,3)35(41)25-36(42-29-15-13-28(14-16-29)26-47(4)23-24-51-5)44-38(50)43-33-18-19-34(32-12-8-7-11-31(32)33)52-30-17-20-37-45-46-39(49(37)27-30)48-21-9-6-10-22-48/h7-8,11-17,20,25,27,33-34H,6,9-10,18-19,21-24,26,41H2,1-5H3,(H2,42,43,44,50)/b35-25-/t33-,34+/m0/s1. The number of hydrogen-bond acceptors (Lipinski definition) is 9. The predicted molar refractivity (Wildman–Crippen MR) is 206 cm³/mol. The Labute approximate surface area is 307 Å². The number of amidine groups is 1. The fourth-order valence-corrected chi connectivity index (χ4v) is 6.65. The quantitative estimate of drug-likeness (QED) is 0.116. The molecule has 0 unspecified atom stereocenters. The summed E-state index contributed by atoms with van der Waals surface area (Å²) in [6.45, 7) is 10.4. The monoisotopic (exact) mass is 707 g/mol. The summed E-state index contributed by atoms with van der Waals surface area (Å²) in [5.41, 5.74) is 11.5. The number of pyridine rings is 1. The minimum atomic E-state index is -0.351. The fourth-order valence-electron chi connectivity index (χ4n) is 6.65. The molecule has 0 saturated carbocycles. The number of carbonyl (C=O) groups is 1. The van der Waals surface area contributed by atoms with E-state index in [0.29, 0.717) is 30.2 Å². The summed E-state index contributed by atoms with van der Waals surface area (Å²) >= 11 is 0. The maximum absolute atomic E-state index is 13.6. The molecule has 2 aromatic carbocycles. The van der Waals surface area contributed by atoms with Crippen molar-refractivity contribution in [3.63, 3.8) is 0 Å². The number of nitrogens with one attached hydrogen (secondary N) is 2. The van der Waals surface area contributed by atoms with Gasteiger partial charge < -0.3 is 25.4 Å². The number of allylic oxidation sites excluding steroid dienone is 1. The second kappa shape index (κ2) is 16.6. The van der Waals surface area contributed by atoms with Gasteiger partial charge in [0.1, 0.15) is 17.7 Å². The first kappa shape index (κ1) is 36.8. The van der Waals surface area contributed by atoms with E-state index in [2.05, 4.69) is 49.8 Å². The molecule has 6 rings (SSSR count). The molecule has 276 valence electrons. The Hall–Kier alpha value is -4.94. The summed E-state index contributed by atoms with van der Waals surface area (Å²) in [5, 5.41) is 15.1. The second-order valence-electron chi connectivity index (χ2n) is 14.8. The number of rotatable bonds is 11. The van der Waals surface area contributed by atoms with Crippen LogP contribution in [-0.4, -0.2) is 71.8 Å². The van der Waals surface area contributed by atoms with Crippen LogP contribution in [0.15, 0.2) is 83.6 Å². The van der Waals surface area contributed by atoms with Crippen molar-refractivity contribution in [1.29, 1.82) is 0 Å². The lowest BCUT2D eigenvalue weighted by atomic mass is 9.85. The SMILES string of the molecule is COCCN(C)Cc1ccc(N=C(/C=C(\N)C(C)(C)C)NC(=O)N[C@H]2CC[C@@H](Oc3ccc4nnc(N5CCCCC5)n4c3)c3ccccc32)cc1. The molecule has 2 aliphatic rings. The number of anilines is 1. The van der Waals surface area contributed by atoms with Gasteiger partial charge in [0.15, 0.2) is 5.65 Å². The molecule has 2 atom stereocenters. The lowest BCUT2D eigenvalue weighted by Gasteiger charge is -2.32. The zero-order valence-corrected chi connectivity index (χ0v) is 31.1. The highest BCUT2D eigenvalue weighted by molar-refractivity contribution is 6.05. The van der Waals surface area contributed by atoms with E-state index >= 15 is 0 Å². The van der Waals surface area contributed by atoms with Crippen LogP contribution < -0.4 is 26.0 Å². The number of hydrogen-bond donors (Lipinski definition) is 3. The lowest BCUT2D eigenvalue weighted by molar-refractivity contribution is 0.158. The van der Waals surface area contributed by atoms with Gasteiger partial charge in [-0.1, -0.05) is 57.2 Å². The number of urea groups is 1. The molecule has 0 bridgehead atoms. The lowest BCUT2D eigenvalue weighted by Crippen LogP contribution is -2.42. The summed E-state index contributed by atoms with van der Waals surface area (Å²) in [4.78, 5) is 22.9. The van der Waals surface area contributed by atoms with Crippen LogP contribution in [0.25, 0.3) is 5.65 Å². The summed E-state index contributed by atoms with van der Waals surface area (Å²) in [5.74, 6) is 1.98. The highest BCUT2D eigenvalue weighted by Gasteiger charge is 2.30. The summed E-state index contributed by atoms with van der Waals surface area (Å²) in [6, 6.07) is 19.5. The average Bonchev–Trinajstić information content (AvgIpc) is 3.56. The van der Waals surface area contributed by atoms with Gasteiger partial charge >= 0.3 is 6.03 Å². The molecule has 1 fully saturated rings. The first-order valence-electron chi connectivity index (χ1n) is 18.3. The second-order valence-corrected chi connectivity index (χ2v) is 14.8. The van der Waals surface area contributed by atoms with Crippen LogP contribution >= 0.6 is 0 Å². The molecule has 3 heterocycles. The minimum absolute atomic E-state index is 0.168. The normalized spacial score (nSPS) is 18.4. The molecule has 12 nitrogen and oxygen atoms in total. The van der Waals surface area contributed by atoms with E-state index in [1.54, 1.807) is 13.2 Å². The molecule has 0 radical (unpaired) electrons. The van der Waals surface area contributed by atoms with E-state index in [1.807, 2.05) is 79.9 Å². The number of piperidine rings is 1. The third-order valence-electron chi connectivity index (χ3n) is 9.73. The van der Waals surface area contributed by atoms with Crippen molar-refractivity contribution >= 4 is 29.1 Å². The van der Waals surface area contributed by atoms with Crippen LogP contribution in [0.3, 0.4) is 0 Å². The first-order chi connectivity index (χ1) is 25.1. The average molecular weight is 708 g/mol. The molecule has 1 saturated heterocycles. The van der Waals surface area contributed by atoms with Gasteiger partial charge in [-0.2, -0.15) is 0 Å². The smallest absolute Gasteiger partial charge is 0.320 e. The van der Waals surface area contributed by atoms with Gasteiger partial charge in [-0.25, -0.2) is 9.79 Å². The number of benzene rings is 2. The number of ether oxygens (including phenoxy) is 2. The predicted octanol–water partition coefficient (Wildman–Crippen LogP) is 6.67. The molecule has 52 heavy (non-hydrogen) atoms. The maximum atomic E-state index is 13.6. The van der Waals surface area contributed by atoms with Gasteiger partial charge in [0.05, 0.1) is 24.5 Å². The summed E-state index contributed by atoms with van der Waals surface area (Å²) in [7, 11) is 3.77. The van der Waals surface area contributed by atoms with Crippen LogP contribution in [0.2, 0.25) is 0 Å². The van der Waals surface area contributed by atoms with Gasteiger partial charge in [0, 0.05) is 50.5 Å². The number of likely N-dealkylation sites (N-methyl/N-ethyl adjacent to an activating group) is 1. The molecular formula is C40H53N9O3. The van der Waals surface area contributed by atoms with E-state index in [9.17, 15) is 4.79 Å². The van der Waals surface area contributed by atoms with Crippen molar-refractivity contribution in [3.05, 3.63) is 95.3 Å². The number of fused-ring (bicyclic) bond motifs is 2. The van der Waals surface area contributed by atoms with Crippen molar-refractivity contribution in [2.75, 3.05) is 45.3 Å². The molecular weight excluding hydrogens is 654 g/mol. The van der Waals surface area contributed by atoms with Crippen molar-refractivity contribution in [2.45, 2.75) is 71.6 Å². The maximum Gasteiger partial charge on any atom is 0.320 e. The Bertz CT molecular complexity index is 1870. The number of nitrogens with two attached hydrogens (primary N) is 1. The Morgan fingerprint density at radius 3 is 2.50 bits per heavy atom. The van der Waals surface area contributed by atoms with Crippen molar-refractivity contribution in [3.8, 4) is 5.75 Å². The number of nitrogens with zero attached hydrogens (tertiary/aromatic N) is 6. The number of carbonyl (C=O) groups excluding carboxylic acids is 1. The topological polar surface area (TPSA) is 135 Å². The highest BCUT2D eigenvalue weighted by Crippen LogP contribution is 2.39. The van der Waals surface area contributed by atoms with E-state index < -0.39 is 0 Å². The summed E-state index contributed by atoms with van der Waals surface area (Å²) in [6.07, 6.45) is 8.58. The van der Waals surface area contributed by atoms with Crippen LogP contribution in [0.1, 0.15) is 81.7 Å². The number of aliphatic imine (C=N–C) groups is 1. The summed E-state index contributed by atoms with van der Waals surface area (Å²) < 4.78 is 13.9. The van der Waals surface area contributed by atoms with Gasteiger partial charge in [-0.15, -0.1) is 10.2 Å². The zero-order chi connectivity index (χ0) is 36.7. The highest BCUT2D eigenvalue weighted by atomic mass is 16.5. The van der Waals surface area contributed by atoms with Crippen LogP contribution in [0, 0.1) is 5.41 Å². The number of aromatic nitrogens is 3. The van der Waals surface area contributed by atoms with E-state index in [1.165, 1.54) is 6.42 Å². The van der Waals surface area contributed by atoms with Crippen molar-refractivity contribution < 1.29 is 14.3 Å². The Morgan fingerprint density at radius 2 is 1.77 bits per heavy atom. The van der Waals surface area contributed by atoms with Crippen LogP contribution in [-0.2, 0) is 11.3 Å². The molecule has 12 heteroatoms. The Kier molecular flexibility index (Phi) is 11.8. The third-order valence-corrected chi connectivity index (χ3v) is 9.73. The van der Waals surface area contributed by atoms with Gasteiger partial charge in [0.2, 0.25) is 5.95 Å². The molecule has 2 amide bonds. The molecule has 4 aromatic rings. The Balaban J connectivity index is 1.15. The molecule has 4 N–H and O–H groups in total. The van der Waals surface area contributed by atoms with Gasteiger partial charge in [-0.05, 0) is 80.1 Å². The largest absolute Gasteiger partial charge is 0.484 e. The fraction of sp³-hybridized carbons (Fsp3) is 0.450. The first-order valence-corrected chi connectivity index (χ1v) is 18.3. The van der Waals surface area contributed by atoms with Gasteiger partial charge in [0.25, 0.3) is 0 Å². The van der Waals surface area contributed by atoms with Gasteiger partial charge in [-0.3, -0.25) is 14.6 Å². The Morgan fingerprint density at radius 1 is 1.02 bits per heavy atom. The molecule has 1 aliphatic carbocycles. The molecule has 2 aromatic heterocycles. The van der Waals surface area contributed by atoms with Crippen molar-refractivity contribution in [2.24, 2.45) is 16.1 Å². The van der Waals surface area contributed by atoms with E-state index in [-0.39, 0.29) is 23.6 Å². The molecule has 0 spiro atoms. The third kappa shape index (κ3) is 9.29. The van der Waals surface area contributed by atoms with E-state index in [0.717, 1.165) is 79.5 Å². The van der Waals surface area contributed by atoms with Crippen LogP contribution in [0.5, 0.6) is 5.75 Å². The van der Waals surface area contributed by atoms with E-state index in [4.69, 9.17) is 20.2 Å². The number of methoxy groups -OCH3 is 1. The van der Waals surface area contributed by atoms with Crippen molar-refractivity contribution in [1.82, 2.24) is 30.1 Å². The minimum Gasteiger partial charge on any atom is -0.484 e. The zero-order valence-electron chi connectivity index (χ0n) is 31.1. The number of amides is 2.